The number of amides is 1. The van der Waals surface area contributed by atoms with Gasteiger partial charge >= 0.3 is 0 Å². The largest absolute Gasteiger partial charge is 0.348 e. The monoisotopic (exact) mass is 331 g/mol. The lowest BCUT2D eigenvalue weighted by Gasteiger charge is -2.11. The predicted molar refractivity (Wildman–Crippen MR) is 95.3 cm³/mol. The molecule has 0 aliphatic carbocycles. The van der Waals surface area contributed by atoms with E-state index in [1.807, 2.05) is 0 Å². The normalized spacial score (nSPS) is 11.4. The van der Waals surface area contributed by atoms with E-state index < -0.39 is 0 Å². The van der Waals surface area contributed by atoms with Crippen LogP contribution in [-0.2, 0) is 6.54 Å². The van der Waals surface area contributed by atoms with Gasteiger partial charge < -0.3 is 4.57 Å². The third-order valence-electron chi connectivity index (χ3n) is 3.65. The minimum Gasteiger partial charge on any atom is -0.348 e. The Morgan fingerprint density at radius 2 is 2.04 bits per heavy atom. The molecule has 2 aromatic rings. The second-order valence-electron chi connectivity index (χ2n) is 6.01. The zero-order valence-electron chi connectivity index (χ0n) is 13.9. The maximum Gasteiger partial charge on any atom is 0.272 e. The average Bonchev–Trinajstić information content (AvgIpc) is 2.75. The van der Waals surface area contributed by atoms with Gasteiger partial charge in [0, 0.05) is 23.5 Å². The molecule has 0 saturated carbocycles. The number of halogens is 1. The number of rotatable bonds is 5. The first-order chi connectivity index (χ1) is 10.9. The topological polar surface area (TPSA) is 46.4 Å². The van der Waals surface area contributed by atoms with Crippen molar-refractivity contribution in [1.82, 2.24) is 9.99 Å². The van der Waals surface area contributed by atoms with Gasteiger partial charge in [0.1, 0.15) is 0 Å². The molecule has 0 saturated heterocycles. The molecule has 1 aromatic heterocycles. The Hall–Kier alpha value is -2.07. The highest BCUT2D eigenvalue weighted by Crippen LogP contribution is 2.16. The lowest BCUT2D eigenvalue weighted by Crippen LogP contribution is -2.18. The van der Waals surface area contributed by atoms with Gasteiger partial charge in [0.2, 0.25) is 0 Å². The number of hydrogen-bond donors (Lipinski definition) is 1. The number of carbonyl (C=O) groups is 1. The molecule has 4 nitrogen and oxygen atoms in total. The first-order valence-corrected chi connectivity index (χ1v) is 8.02. The van der Waals surface area contributed by atoms with Crippen LogP contribution in [0.25, 0.3) is 0 Å². The number of hydrazone groups is 1. The number of aryl methyl sites for hydroxylation is 1. The zero-order chi connectivity index (χ0) is 17.0. The number of aromatic nitrogens is 1. The lowest BCUT2D eigenvalue weighted by molar-refractivity contribution is 0.0955. The Kier molecular flexibility index (Phi) is 5.61. The van der Waals surface area contributed by atoms with E-state index in [0.29, 0.717) is 16.5 Å². The number of benzene rings is 1. The van der Waals surface area contributed by atoms with Gasteiger partial charge in [-0.3, -0.25) is 4.79 Å². The third kappa shape index (κ3) is 4.23. The van der Waals surface area contributed by atoms with E-state index >= 15 is 0 Å². The summed E-state index contributed by atoms with van der Waals surface area (Å²) in [7, 11) is 0. The Balaban J connectivity index is 2.09. The summed E-state index contributed by atoms with van der Waals surface area (Å²) in [6.07, 6.45) is 1.67. The van der Waals surface area contributed by atoms with E-state index in [0.717, 1.165) is 17.8 Å². The maximum absolute atomic E-state index is 12.0. The Morgan fingerprint density at radius 3 is 2.70 bits per heavy atom. The van der Waals surface area contributed by atoms with Crippen LogP contribution in [0, 0.1) is 19.8 Å². The second-order valence-corrected chi connectivity index (χ2v) is 6.42. The van der Waals surface area contributed by atoms with Crippen LogP contribution in [0.4, 0.5) is 0 Å². The molecule has 5 heteroatoms. The number of hydrogen-bond acceptors (Lipinski definition) is 2. The van der Waals surface area contributed by atoms with E-state index in [-0.39, 0.29) is 5.91 Å². The highest BCUT2D eigenvalue weighted by molar-refractivity contribution is 6.33. The number of nitrogens with zero attached hydrogens (tertiary/aromatic N) is 2. The fourth-order valence-corrected chi connectivity index (χ4v) is 2.69. The van der Waals surface area contributed by atoms with Gasteiger partial charge in [0.05, 0.1) is 16.8 Å². The Labute approximate surface area is 142 Å². The van der Waals surface area contributed by atoms with Gasteiger partial charge in [0.15, 0.2) is 0 Å². The summed E-state index contributed by atoms with van der Waals surface area (Å²) in [6, 6.07) is 8.97. The SMILES string of the molecule is Cc1cc(C=NNC(=O)c2ccccc2Cl)c(C)n1CC(C)C. The molecule has 2 rings (SSSR count). The quantitative estimate of drug-likeness (QED) is 0.648. The highest BCUT2D eigenvalue weighted by atomic mass is 35.5. The molecule has 23 heavy (non-hydrogen) atoms. The minimum absolute atomic E-state index is 0.317. The van der Waals surface area contributed by atoms with Crippen LogP contribution >= 0.6 is 11.6 Å². The van der Waals surface area contributed by atoms with Gasteiger partial charge in [-0.15, -0.1) is 0 Å². The molecule has 1 aromatic carbocycles. The first-order valence-electron chi connectivity index (χ1n) is 7.64. The molecule has 0 atom stereocenters. The zero-order valence-corrected chi connectivity index (χ0v) is 14.7. The smallest absolute Gasteiger partial charge is 0.272 e. The summed E-state index contributed by atoms with van der Waals surface area (Å²) in [4.78, 5) is 12.0. The van der Waals surface area contributed by atoms with E-state index in [4.69, 9.17) is 11.6 Å². The molecule has 0 radical (unpaired) electrons. The van der Waals surface area contributed by atoms with Crippen LogP contribution in [-0.4, -0.2) is 16.7 Å². The molecule has 0 aliphatic heterocycles. The summed E-state index contributed by atoms with van der Waals surface area (Å²) in [5.74, 6) is 0.257. The predicted octanol–water partition coefficient (Wildman–Crippen LogP) is 4.18. The molecule has 1 N–H and O–H groups in total. The Morgan fingerprint density at radius 1 is 1.35 bits per heavy atom. The summed E-state index contributed by atoms with van der Waals surface area (Å²) in [5, 5.41) is 4.47. The number of nitrogens with one attached hydrogen (secondary N) is 1. The van der Waals surface area contributed by atoms with E-state index in [9.17, 15) is 4.79 Å². The molecule has 0 fully saturated rings. The average molecular weight is 332 g/mol. The molecule has 0 unspecified atom stereocenters. The van der Waals surface area contributed by atoms with Crippen molar-refractivity contribution < 1.29 is 4.79 Å². The van der Waals surface area contributed by atoms with E-state index in [2.05, 4.69) is 48.9 Å². The first kappa shape index (κ1) is 17.3. The summed E-state index contributed by atoms with van der Waals surface area (Å²) >= 11 is 6.00. The van der Waals surface area contributed by atoms with Gasteiger partial charge in [-0.25, -0.2) is 5.43 Å². The van der Waals surface area contributed by atoms with Crippen molar-refractivity contribution in [2.75, 3.05) is 0 Å². The minimum atomic E-state index is -0.317. The van der Waals surface area contributed by atoms with Crippen molar-refractivity contribution in [3.05, 3.63) is 57.9 Å². The van der Waals surface area contributed by atoms with Crippen LogP contribution in [0.5, 0.6) is 0 Å². The van der Waals surface area contributed by atoms with Gasteiger partial charge in [-0.05, 0) is 38.0 Å². The molecule has 0 spiro atoms. The van der Waals surface area contributed by atoms with E-state index in [1.165, 1.54) is 5.69 Å². The summed E-state index contributed by atoms with van der Waals surface area (Å²) in [5.41, 5.74) is 6.27. The fraction of sp³-hybridized carbons (Fsp3) is 0.333. The molecular formula is C18H22ClN3O. The maximum atomic E-state index is 12.0. The van der Waals surface area contributed by atoms with Crippen LogP contribution in [0.15, 0.2) is 35.4 Å². The Bertz CT molecular complexity index is 732. The van der Waals surface area contributed by atoms with Gasteiger partial charge in [-0.1, -0.05) is 37.6 Å². The molecule has 0 bridgehead atoms. The van der Waals surface area contributed by atoms with Crippen LogP contribution in [0.1, 0.15) is 41.2 Å². The number of carbonyl (C=O) groups excluding carboxylic acids is 1. The van der Waals surface area contributed by atoms with Crippen molar-refractivity contribution in [2.45, 2.75) is 34.2 Å². The highest BCUT2D eigenvalue weighted by Gasteiger charge is 2.10. The molecular weight excluding hydrogens is 310 g/mol. The molecule has 0 aliphatic rings. The third-order valence-corrected chi connectivity index (χ3v) is 3.98. The van der Waals surface area contributed by atoms with Gasteiger partial charge in [0.25, 0.3) is 5.91 Å². The standard InChI is InChI=1S/C18H22ClN3O/c1-12(2)11-22-13(3)9-15(14(22)4)10-20-21-18(23)16-7-5-6-8-17(16)19/h5-10,12H,11H2,1-4H3,(H,21,23). The molecule has 122 valence electrons. The van der Waals surface area contributed by atoms with Crippen LogP contribution in [0.2, 0.25) is 5.02 Å². The van der Waals surface area contributed by atoms with Crippen molar-refractivity contribution >= 4 is 23.7 Å². The van der Waals surface area contributed by atoms with Gasteiger partial charge in [-0.2, -0.15) is 5.10 Å². The van der Waals surface area contributed by atoms with Crippen LogP contribution < -0.4 is 5.43 Å². The molecule has 1 amide bonds. The fourth-order valence-electron chi connectivity index (χ4n) is 2.47. The van der Waals surface area contributed by atoms with Crippen molar-refractivity contribution in [2.24, 2.45) is 11.0 Å². The van der Waals surface area contributed by atoms with Crippen molar-refractivity contribution in [1.29, 1.82) is 0 Å². The van der Waals surface area contributed by atoms with Crippen LogP contribution in [0.3, 0.4) is 0 Å². The second kappa shape index (κ2) is 7.47. The molecule has 1 heterocycles. The van der Waals surface area contributed by atoms with Crippen molar-refractivity contribution in [3.63, 3.8) is 0 Å². The summed E-state index contributed by atoms with van der Waals surface area (Å²) < 4.78 is 2.27. The van der Waals surface area contributed by atoms with Crippen molar-refractivity contribution in [3.8, 4) is 0 Å². The van der Waals surface area contributed by atoms with E-state index in [1.54, 1.807) is 30.5 Å². The summed E-state index contributed by atoms with van der Waals surface area (Å²) in [6.45, 7) is 9.49. The lowest BCUT2D eigenvalue weighted by atomic mass is 10.2.